The number of hydrogen-bond donors (Lipinski definition) is 2. The lowest BCUT2D eigenvalue weighted by Crippen LogP contribution is -2.60. The molecule has 2 aromatic carbocycles. The van der Waals surface area contributed by atoms with E-state index < -0.39 is 5.60 Å². The largest absolute Gasteiger partial charge is 0.385 e. The summed E-state index contributed by atoms with van der Waals surface area (Å²) in [7, 11) is 0. The van der Waals surface area contributed by atoms with Gasteiger partial charge in [0.25, 0.3) is 0 Å². The Labute approximate surface area is 176 Å². The van der Waals surface area contributed by atoms with Crippen molar-refractivity contribution >= 4 is 17.6 Å². The molecule has 0 saturated heterocycles. The highest BCUT2D eigenvalue weighted by Gasteiger charge is 2.43. The zero-order chi connectivity index (χ0) is 21.4. The number of carbonyl (C=O) groups is 1. The lowest BCUT2D eigenvalue weighted by molar-refractivity contribution is -0.124. The zero-order valence-electron chi connectivity index (χ0n) is 17.4. The molecule has 0 unspecified atom stereocenters. The number of anilines is 1. The van der Waals surface area contributed by atoms with Gasteiger partial charge < -0.3 is 10.0 Å². The maximum absolute atomic E-state index is 12.9. The van der Waals surface area contributed by atoms with Gasteiger partial charge in [-0.1, -0.05) is 36.4 Å². The van der Waals surface area contributed by atoms with Gasteiger partial charge in [0.05, 0.1) is 35.9 Å². The highest BCUT2D eigenvalue weighted by molar-refractivity contribution is 6.08. The van der Waals surface area contributed by atoms with E-state index in [1.165, 1.54) is 0 Å². The van der Waals surface area contributed by atoms with Gasteiger partial charge in [-0.2, -0.15) is 5.26 Å². The number of aliphatic imine (C=N–C) groups is 1. The Morgan fingerprint density at radius 2 is 2.03 bits per heavy atom. The lowest BCUT2D eigenvalue weighted by Gasteiger charge is -2.50. The molecule has 1 amide bonds. The minimum Gasteiger partial charge on any atom is -0.385 e. The van der Waals surface area contributed by atoms with E-state index in [4.69, 9.17) is 0 Å². The molecule has 6 nitrogen and oxygen atoms in total. The van der Waals surface area contributed by atoms with Crippen molar-refractivity contribution < 1.29 is 9.90 Å². The normalized spacial score (nSPS) is 18.9. The van der Waals surface area contributed by atoms with Crippen LogP contribution in [-0.2, 0) is 16.9 Å². The zero-order valence-corrected chi connectivity index (χ0v) is 17.4. The number of nitrogens with one attached hydrogen (secondary N) is 1. The van der Waals surface area contributed by atoms with Crippen molar-refractivity contribution in [1.29, 1.82) is 5.26 Å². The average molecular weight is 402 g/mol. The molecule has 2 aliphatic rings. The standard InChI is InChI=1S/C24H26N4O2/c1-23(11-6-12-23)28-20-13-17(15-25)9-10-18(20)16-26-22(28)27-21(29)14-24(2,30)19-7-4-3-5-8-19/h3-5,7-10,13,30H,6,11-12,14,16H2,1-2H3,(H,26,27,29)/t24-/m1/s1. The van der Waals surface area contributed by atoms with Crippen molar-refractivity contribution in [2.75, 3.05) is 4.90 Å². The Hall–Kier alpha value is -3.17. The number of nitrogens with zero attached hydrogens (tertiary/aromatic N) is 3. The smallest absolute Gasteiger partial charge is 0.229 e. The van der Waals surface area contributed by atoms with Crippen LogP contribution in [0.4, 0.5) is 5.69 Å². The van der Waals surface area contributed by atoms with E-state index in [1.807, 2.05) is 42.5 Å². The molecule has 1 fully saturated rings. The third-order valence-corrected chi connectivity index (χ3v) is 6.19. The minimum atomic E-state index is -1.28. The highest BCUT2D eigenvalue weighted by atomic mass is 16.3. The molecular formula is C24H26N4O2. The van der Waals surface area contributed by atoms with Gasteiger partial charge in [0.15, 0.2) is 0 Å². The summed E-state index contributed by atoms with van der Waals surface area (Å²) in [4.78, 5) is 19.6. The van der Waals surface area contributed by atoms with E-state index in [-0.39, 0.29) is 17.9 Å². The molecule has 0 aromatic heterocycles. The second kappa shape index (κ2) is 7.58. The summed E-state index contributed by atoms with van der Waals surface area (Å²) in [6, 6.07) is 17.0. The predicted octanol–water partition coefficient (Wildman–Crippen LogP) is 3.59. The molecule has 154 valence electrons. The van der Waals surface area contributed by atoms with Crippen LogP contribution in [-0.4, -0.2) is 22.5 Å². The summed E-state index contributed by atoms with van der Waals surface area (Å²) in [5.41, 5.74) is 1.81. The van der Waals surface area contributed by atoms with Crippen molar-refractivity contribution in [2.45, 2.75) is 57.2 Å². The Morgan fingerprint density at radius 1 is 1.30 bits per heavy atom. The number of aliphatic hydroxyl groups is 1. The second-order valence-corrected chi connectivity index (χ2v) is 8.65. The summed E-state index contributed by atoms with van der Waals surface area (Å²) in [5, 5.41) is 23.1. The molecule has 1 heterocycles. The van der Waals surface area contributed by atoms with E-state index in [0.717, 1.165) is 30.5 Å². The van der Waals surface area contributed by atoms with Crippen molar-refractivity contribution in [1.82, 2.24) is 5.32 Å². The molecule has 0 radical (unpaired) electrons. The second-order valence-electron chi connectivity index (χ2n) is 8.65. The SMILES string of the molecule is CC1(N2C(NC(=O)C[C@@](C)(O)c3ccccc3)=NCc3ccc(C#N)cc32)CCC1. The molecular weight excluding hydrogens is 376 g/mol. The van der Waals surface area contributed by atoms with Crippen LogP contribution < -0.4 is 10.2 Å². The first-order chi connectivity index (χ1) is 14.3. The average Bonchev–Trinajstić information content (AvgIpc) is 2.71. The van der Waals surface area contributed by atoms with Crippen LogP contribution in [0.25, 0.3) is 0 Å². The fourth-order valence-electron chi connectivity index (χ4n) is 4.25. The van der Waals surface area contributed by atoms with Crippen LogP contribution >= 0.6 is 0 Å². The fourth-order valence-corrected chi connectivity index (χ4v) is 4.25. The van der Waals surface area contributed by atoms with E-state index in [9.17, 15) is 15.2 Å². The molecule has 30 heavy (non-hydrogen) atoms. The van der Waals surface area contributed by atoms with Crippen LogP contribution in [0, 0.1) is 11.3 Å². The van der Waals surface area contributed by atoms with Gasteiger partial charge in [-0.3, -0.25) is 10.1 Å². The molecule has 1 saturated carbocycles. The van der Waals surface area contributed by atoms with Gasteiger partial charge >= 0.3 is 0 Å². The van der Waals surface area contributed by atoms with Crippen LogP contribution in [0.2, 0.25) is 0 Å². The Balaban J connectivity index is 1.59. The molecule has 6 heteroatoms. The van der Waals surface area contributed by atoms with Gasteiger partial charge in [-0.25, -0.2) is 4.99 Å². The molecule has 1 aliphatic heterocycles. The molecule has 0 bridgehead atoms. The van der Waals surface area contributed by atoms with Crippen LogP contribution in [0.3, 0.4) is 0 Å². The topological polar surface area (TPSA) is 88.7 Å². The van der Waals surface area contributed by atoms with Gasteiger partial charge in [0, 0.05) is 5.54 Å². The summed E-state index contributed by atoms with van der Waals surface area (Å²) in [5.74, 6) is 0.198. The lowest BCUT2D eigenvalue weighted by atomic mass is 9.76. The maximum atomic E-state index is 12.9. The number of rotatable bonds is 4. The maximum Gasteiger partial charge on any atom is 0.229 e. The summed E-state index contributed by atoms with van der Waals surface area (Å²) < 4.78 is 0. The van der Waals surface area contributed by atoms with Gasteiger partial charge in [-0.05, 0) is 56.4 Å². The Morgan fingerprint density at radius 3 is 2.67 bits per heavy atom. The predicted molar refractivity (Wildman–Crippen MR) is 116 cm³/mol. The molecule has 2 N–H and O–H groups in total. The first-order valence-electron chi connectivity index (χ1n) is 10.3. The van der Waals surface area contributed by atoms with Crippen molar-refractivity contribution in [3.63, 3.8) is 0 Å². The fraction of sp³-hybridized carbons (Fsp3) is 0.375. The highest BCUT2D eigenvalue weighted by Crippen LogP contribution is 2.43. The van der Waals surface area contributed by atoms with Gasteiger partial charge in [0.2, 0.25) is 11.9 Å². The number of hydrogen-bond acceptors (Lipinski definition) is 5. The summed E-state index contributed by atoms with van der Waals surface area (Å²) >= 11 is 0. The molecule has 4 rings (SSSR count). The molecule has 2 aromatic rings. The summed E-state index contributed by atoms with van der Waals surface area (Å²) in [6.07, 6.45) is 3.01. The van der Waals surface area contributed by atoms with E-state index >= 15 is 0 Å². The van der Waals surface area contributed by atoms with Crippen LogP contribution in [0.5, 0.6) is 0 Å². The third kappa shape index (κ3) is 3.69. The van der Waals surface area contributed by atoms with Gasteiger partial charge in [0.1, 0.15) is 0 Å². The Bertz CT molecular complexity index is 1030. The van der Waals surface area contributed by atoms with E-state index in [2.05, 4.69) is 28.2 Å². The number of guanidine groups is 1. The quantitative estimate of drug-likeness (QED) is 0.818. The number of fused-ring (bicyclic) bond motifs is 1. The molecule has 0 spiro atoms. The molecule has 1 atom stereocenters. The molecule has 1 aliphatic carbocycles. The minimum absolute atomic E-state index is 0.0777. The van der Waals surface area contributed by atoms with Gasteiger partial charge in [-0.15, -0.1) is 0 Å². The van der Waals surface area contributed by atoms with Crippen molar-refractivity contribution in [3.8, 4) is 6.07 Å². The van der Waals surface area contributed by atoms with E-state index in [0.29, 0.717) is 23.6 Å². The van der Waals surface area contributed by atoms with Crippen LogP contribution in [0.1, 0.15) is 56.2 Å². The summed E-state index contributed by atoms with van der Waals surface area (Å²) in [6.45, 7) is 4.24. The first-order valence-corrected chi connectivity index (χ1v) is 10.3. The first kappa shape index (κ1) is 20.1. The monoisotopic (exact) mass is 402 g/mol. The number of amides is 1. The third-order valence-electron chi connectivity index (χ3n) is 6.19. The van der Waals surface area contributed by atoms with Crippen molar-refractivity contribution in [3.05, 3.63) is 65.2 Å². The van der Waals surface area contributed by atoms with E-state index in [1.54, 1.807) is 13.0 Å². The number of carbonyl (C=O) groups excluding carboxylic acids is 1. The van der Waals surface area contributed by atoms with Crippen molar-refractivity contribution in [2.24, 2.45) is 4.99 Å². The van der Waals surface area contributed by atoms with Crippen LogP contribution in [0.15, 0.2) is 53.5 Å². The number of benzene rings is 2. The number of nitriles is 1. The Kier molecular flexibility index (Phi) is 5.08.